The fourth-order valence-electron chi connectivity index (χ4n) is 3.34. The fraction of sp³-hybridized carbons (Fsp3) is 0.733. The number of hydrogen-bond acceptors (Lipinski definition) is 6. The molecule has 2 aliphatic rings. The van der Waals surface area contributed by atoms with Gasteiger partial charge in [-0.2, -0.15) is 17.4 Å². The van der Waals surface area contributed by atoms with Gasteiger partial charge in [0.05, 0.1) is 13.2 Å². The van der Waals surface area contributed by atoms with Crippen LogP contribution in [0.15, 0.2) is 18.5 Å². The molecular weight excluding hydrogens is 330 g/mol. The minimum Gasteiger partial charge on any atom is -0.379 e. The number of ether oxygens (including phenoxy) is 1. The summed E-state index contributed by atoms with van der Waals surface area (Å²) in [5.74, 6) is 0.918. The largest absolute Gasteiger partial charge is 0.379 e. The predicted octanol–water partition coefficient (Wildman–Crippen LogP) is 0.248. The first kappa shape index (κ1) is 17.5. The highest BCUT2D eigenvalue weighted by atomic mass is 32.2. The van der Waals surface area contributed by atoms with E-state index >= 15 is 0 Å². The average Bonchev–Trinajstić information content (AvgIpc) is 2.99. The van der Waals surface area contributed by atoms with E-state index in [1.54, 1.807) is 18.5 Å². The number of rotatable bonds is 6. The van der Waals surface area contributed by atoms with E-state index in [-0.39, 0.29) is 12.0 Å². The summed E-state index contributed by atoms with van der Waals surface area (Å²) in [7, 11) is -3.49. The number of morpholine rings is 1. The topological polar surface area (TPSA) is 87.7 Å². The minimum absolute atomic E-state index is 0.124. The maximum Gasteiger partial charge on any atom is 0.279 e. The molecule has 8 nitrogen and oxygen atoms in total. The maximum absolute atomic E-state index is 12.6. The summed E-state index contributed by atoms with van der Waals surface area (Å²) in [6.45, 7) is 5.21. The van der Waals surface area contributed by atoms with Crippen LogP contribution < -0.4 is 9.62 Å². The third-order valence-corrected chi connectivity index (χ3v) is 6.19. The van der Waals surface area contributed by atoms with E-state index in [1.807, 2.05) is 0 Å². The van der Waals surface area contributed by atoms with Crippen molar-refractivity contribution in [1.29, 1.82) is 0 Å². The van der Waals surface area contributed by atoms with E-state index in [0.717, 1.165) is 19.4 Å². The molecule has 0 unspecified atom stereocenters. The Hall–Kier alpha value is -1.29. The van der Waals surface area contributed by atoms with Gasteiger partial charge in [-0.1, -0.05) is 13.3 Å². The molecule has 2 saturated heterocycles. The van der Waals surface area contributed by atoms with Gasteiger partial charge in [-0.25, -0.2) is 9.97 Å². The lowest BCUT2D eigenvalue weighted by atomic mass is 9.99. The number of nitrogens with zero attached hydrogens (tertiary/aromatic N) is 4. The molecule has 0 radical (unpaired) electrons. The predicted molar refractivity (Wildman–Crippen MR) is 90.9 cm³/mol. The molecule has 134 valence electrons. The normalized spacial score (nSPS) is 26.0. The zero-order chi connectivity index (χ0) is 17.0. The van der Waals surface area contributed by atoms with Crippen molar-refractivity contribution in [2.24, 2.45) is 5.92 Å². The van der Waals surface area contributed by atoms with Crippen LogP contribution >= 0.6 is 0 Å². The molecule has 0 amide bonds. The number of anilines is 1. The van der Waals surface area contributed by atoms with Crippen LogP contribution in [0.3, 0.4) is 0 Å². The first-order valence-electron chi connectivity index (χ1n) is 8.47. The lowest BCUT2D eigenvalue weighted by Crippen LogP contribution is -2.51. The van der Waals surface area contributed by atoms with E-state index in [2.05, 4.69) is 26.5 Å². The molecule has 2 fully saturated rings. The standard InChI is InChI=1S/C15H25N5O3S/c1-2-4-13-11-19(15-16-5-3-6-17-15)12-14(13)18-24(21,22)20-7-9-23-10-8-20/h3,5-6,13-14,18H,2,4,7-12H2,1H3/t13-,14-/m0/s1. The second kappa shape index (κ2) is 7.73. The molecule has 1 N–H and O–H groups in total. The quantitative estimate of drug-likeness (QED) is 0.787. The first-order valence-corrected chi connectivity index (χ1v) is 9.91. The summed E-state index contributed by atoms with van der Waals surface area (Å²) in [5, 5.41) is 0. The van der Waals surface area contributed by atoms with Crippen LogP contribution in [0.4, 0.5) is 5.95 Å². The van der Waals surface area contributed by atoms with Gasteiger partial charge in [0.25, 0.3) is 10.2 Å². The van der Waals surface area contributed by atoms with E-state index in [4.69, 9.17) is 4.74 Å². The van der Waals surface area contributed by atoms with Gasteiger partial charge in [0.15, 0.2) is 0 Å². The summed E-state index contributed by atoms with van der Waals surface area (Å²) in [6.07, 6.45) is 5.41. The smallest absolute Gasteiger partial charge is 0.279 e. The van der Waals surface area contributed by atoms with Crippen molar-refractivity contribution in [2.45, 2.75) is 25.8 Å². The highest BCUT2D eigenvalue weighted by molar-refractivity contribution is 7.87. The summed E-state index contributed by atoms with van der Waals surface area (Å²) in [5.41, 5.74) is 0. The van der Waals surface area contributed by atoms with E-state index in [1.165, 1.54) is 4.31 Å². The Kier molecular flexibility index (Phi) is 5.65. The zero-order valence-corrected chi connectivity index (χ0v) is 14.8. The van der Waals surface area contributed by atoms with Crippen molar-refractivity contribution < 1.29 is 13.2 Å². The highest BCUT2D eigenvalue weighted by Gasteiger charge is 2.37. The van der Waals surface area contributed by atoms with Gasteiger partial charge in [0.2, 0.25) is 5.95 Å². The molecular formula is C15H25N5O3S. The monoisotopic (exact) mass is 355 g/mol. The van der Waals surface area contributed by atoms with Crippen molar-refractivity contribution in [1.82, 2.24) is 19.0 Å². The fourth-order valence-corrected chi connectivity index (χ4v) is 4.77. The van der Waals surface area contributed by atoms with Gasteiger partial charge in [0.1, 0.15) is 0 Å². The Morgan fingerprint density at radius 2 is 1.96 bits per heavy atom. The molecule has 0 saturated carbocycles. The van der Waals surface area contributed by atoms with Gasteiger partial charge in [-0.15, -0.1) is 0 Å². The Morgan fingerprint density at radius 1 is 1.25 bits per heavy atom. The highest BCUT2D eigenvalue weighted by Crippen LogP contribution is 2.25. The second-order valence-electron chi connectivity index (χ2n) is 6.24. The zero-order valence-electron chi connectivity index (χ0n) is 14.0. The minimum atomic E-state index is -3.49. The SMILES string of the molecule is CCC[C@H]1CN(c2ncccn2)C[C@@H]1NS(=O)(=O)N1CCOCC1. The van der Waals surface area contributed by atoms with Crippen LogP contribution in [0.2, 0.25) is 0 Å². The Bertz CT molecular complexity index is 621. The van der Waals surface area contributed by atoms with Crippen LogP contribution in [-0.2, 0) is 14.9 Å². The van der Waals surface area contributed by atoms with E-state index in [9.17, 15) is 8.42 Å². The molecule has 24 heavy (non-hydrogen) atoms. The molecule has 0 spiro atoms. The van der Waals surface area contributed by atoms with Gasteiger partial charge in [0, 0.05) is 44.6 Å². The molecule has 3 heterocycles. The Labute approximate surface area is 143 Å². The molecule has 9 heteroatoms. The van der Waals surface area contributed by atoms with Crippen LogP contribution in [0.5, 0.6) is 0 Å². The number of hydrogen-bond donors (Lipinski definition) is 1. The molecule has 2 atom stereocenters. The second-order valence-corrected chi connectivity index (χ2v) is 7.95. The third-order valence-electron chi connectivity index (χ3n) is 4.55. The van der Waals surface area contributed by atoms with Crippen molar-refractivity contribution in [3.8, 4) is 0 Å². The Morgan fingerprint density at radius 3 is 2.62 bits per heavy atom. The summed E-state index contributed by atoms with van der Waals surface area (Å²) < 4.78 is 34.9. The average molecular weight is 355 g/mol. The summed E-state index contributed by atoms with van der Waals surface area (Å²) >= 11 is 0. The van der Waals surface area contributed by atoms with E-state index in [0.29, 0.717) is 38.8 Å². The maximum atomic E-state index is 12.6. The molecule has 0 aromatic carbocycles. The Balaban J connectivity index is 1.70. The molecule has 2 aliphatic heterocycles. The van der Waals surface area contributed by atoms with Crippen molar-refractivity contribution in [3.05, 3.63) is 18.5 Å². The lowest BCUT2D eigenvalue weighted by molar-refractivity contribution is 0.0722. The van der Waals surface area contributed by atoms with Crippen LogP contribution in [-0.4, -0.2) is 68.1 Å². The van der Waals surface area contributed by atoms with Crippen molar-refractivity contribution >= 4 is 16.2 Å². The number of nitrogens with one attached hydrogen (secondary N) is 1. The first-order chi connectivity index (χ1) is 11.6. The van der Waals surface area contributed by atoms with Crippen LogP contribution in [0.25, 0.3) is 0 Å². The van der Waals surface area contributed by atoms with E-state index < -0.39 is 10.2 Å². The van der Waals surface area contributed by atoms with Crippen LogP contribution in [0, 0.1) is 5.92 Å². The van der Waals surface area contributed by atoms with Gasteiger partial charge in [-0.05, 0) is 18.4 Å². The lowest BCUT2D eigenvalue weighted by Gasteiger charge is -2.28. The summed E-state index contributed by atoms with van der Waals surface area (Å²) in [6, 6.07) is 1.66. The molecule has 1 aromatic heterocycles. The molecule has 1 aromatic rings. The molecule has 3 rings (SSSR count). The van der Waals surface area contributed by atoms with Crippen LogP contribution in [0.1, 0.15) is 19.8 Å². The van der Waals surface area contributed by atoms with Crippen molar-refractivity contribution in [2.75, 3.05) is 44.3 Å². The summed E-state index contributed by atoms with van der Waals surface area (Å²) in [4.78, 5) is 10.6. The molecule has 0 bridgehead atoms. The van der Waals surface area contributed by atoms with Gasteiger partial charge in [-0.3, -0.25) is 0 Å². The molecule has 0 aliphatic carbocycles. The van der Waals surface area contributed by atoms with Gasteiger partial charge < -0.3 is 9.64 Å². The third kappa shape index (κ3) is 4.02. The number of aromatic nitrogens is 2. The van der Waals surface area contributed by atoms with Crippen molar-refractivity contribution in [3.63, 3.8) is 0 Å². The van der Waals surface area contributed by atoms with Gasteiger partial charge >= 0.3 is 0 Å².